The third kappa shape index (κ3) is 5.95. The number of rotatable bonds is 6. The lowest BCUT2D eigenvalue weighted by Crippen LogP contribution is -2.18. The second kappa shape index (κ2) is 9.61. The van der Waals surface area contributed by atoms with Crippen molar-refractivity contribution in [3.63, 3.8) is 0 Å². The van der Waals surface area contributed by atoms with Gasteiger partial charge < -0.3 is 9.47 Å². The van der Waals surface area contributed by atoms with E-state index >= 15 is 0 Å². The Hall–Kier alpha value is -3.09. The predicted molar refractivity (Wildman–Crippen MR) is 106 cm³/mol. The summed E-state index contributed by atoms with van der Waals surface area (Å²) in [5.41, 5.74) is 2.67. The zero-order chi connectivity index (χ0) is 21.7. The molecule has 0 heterocycles. The molecule has 7 heteroatoms. The molecule has 1 fully saturated rings. The minimum Gasteiger partial charge on any atom is -0.435 e. The van der Waals surface area contributed by atoms with Gasteiger partial charge in [0.25, 0.3) is 0 Å². The van der Waals surface area contributed by atoms with Gasteiger partial charge in [-0.3, -0.25) is 4.79 Å². The molecule has 3 rings (SSSR count). The van der Waals surface area contributed by atoms with Crippen molar-refractivity contribution >= 4 is 17.9 Å². The summed E-state index contributed by atoms with van der Waals surface area (Å²) in [5, 5.41) is 0. The Kier molecular flexibility index (Phi) is 6.92. The molecule has 0 unspecified atom stereocenters. The van der Waals surface area contributed by atoms with Crippen LogP contribution in [0.1, 0.15) is 30.9 Å². The molecule has 0 spiro atoms. The summed E-state index contributed by atoms with van der Waals surface area (Å²) >= 11 is 0. The number of allylic oxidation sites excluding steroid dienone is 2. The van der Waals surface area contributed by atoms with Gasteiger partial charge >= 0.3 is 13.2 Å². The number of benzene rings is 2. The number of hydrogen-bond donors (Lipinski definition) is 0. The first kappa shape index (κ1) is 21.6. The van der Waals surface area contributed by atoms with Crippen molar-refractivity contribution in [1.82, 2.24) is 0 Å². The van der Waals surface area contributed by atoms with E-state index in [-0.39, 0.29) is 23.2 Å². The van der Waals surface area contributed by atoms with Gasteiger partial charge in [-0.2, -0.15) is 17.6 Å². The summed E-state index contributed by atoms with van der Waals surface area (Å²) in [7, 11) is 0. The van der Waals surface area contributed by atoms with E-state index in [9.17, 15) is 22.4 Å². The van der Waals surface area contributed by atoms with Gasteiger partial charge in [0.05, 0.1) is 0 Å². The van der Waals surface area contributed by atoms with E-state index in [1.165, 1.54) is 24.3 Å². The van der Waals surface area contributed by atoms with Gasteiger partial charge in [-0.25, -0.2) is 0 Å². The molecule has 0 aromatic heterocycles. The molecule has 30 heavy (non-hydrogen) atoms. The van der Waals surface area contributed by atoms with Crippen molar-refractivity contribution in [2.24, 2.45) is 5.92 Å². The molecule has 0 aliphatic heterocycles. The molecule has 1 aliphatic carbocycles. The van der Waals surface area contributed by atoms with Crippen LogP contribution in [0.25, 0.3) is 12.2 Å². The fourth-order valence-electron chi connectivity index (χ4n) is 3.36. The van der Waals surface area contributed by atoms with Crippen molar-refractivity contribution in [3.8, 4) is 11.5 Å². The van der Waals surface area contributed by atoms with E-state index in [2.05, 4.69) is 9.47 Å². The van der Waals surface area contributed by atoms with Crippen LogP contribution in [-0.2, 0) is 4.79 Å². The third-order valence-electron chi connectivity index (χ3n) is 4.61. The molecule has 0 amide bonds. The van der Waals surface area contributed by atoms with Crippen LogP contribution in [0.3, 0.4) is 0 Å². The largest absolute Gasteiger partial charge is 0.435 e. The molecule has 158 valence electrons. The zero-order valence-electron chi connectivity index (χ0n) is 16.2. The first-order valence-electron chi connectivity index (χ1n) is 9.36. The van der Waals surface area contributed by atoms with Gasteiger partial charge in [0, 0.05) is 11.1 Å². The maximum Gasteiger partial charge on any atom is 0.387 e. The van der Waals surface area contributed by atoms with Crippen molar-refractivity contribution < 1.29 is 31.8 Å². The van der Waals surface area contributed by atoms with E-state index in [0.29, 0.717) is 35.1 Å². The summed E-state index contributed by atoms with van der Waals surface area (Å²) in [6, 6.07) is 12.2. The van der Waals surface area contributed by atoms with Gasteiger partial charge in [0.2, 0.25) is 0 Å². The number of halogens is 4. The highest BCUT2D eigenvalue weighted by molar-refractivity contribution is 6.14. The van der Waals surface area contributed by atoms with Gasteiger partial charge in [-0.05, 0) is 66.3 Å². The van der Waals surface area contributed by atoms with Crippen LogP contribution in [0.5, 0.6) is 11.5 Å². The van der Waals surface area contributed by atoms with Crippen molar-refractivity contribution in [3.05, 3.63) is 70.8 Å². The van der Waals surface area contributed by atoms with Crippen molar-refractivity contribution in [1.29, 1.82) is 0 Å². The quantitative estimate of drug-likeness (QED) is 0.403. The fraction of sp³-hybridized carbons (Fsp3) is 0.261. The molecule has 2 aromatic rings. The molecule has 3 nitrogen and oxygen atoms in total. The molecule has 1 aliphatic rings. The molecule has 0 saturated heterocycles. The number of carbonyl (C=O) groups excluding carboxylic acids is 1. The molecule has 2 aromatic carbocycles. The van der Waals surface area contributed by atoms with Crippen LogP contribution < -0.4 is 9.47 Å². The molecule has 0 bridgehead atoms. The highest BCUT2D eigenvalue weighted by atomic mass is 19.3. The maximum absolute atomic E-state index is 12.9. The van der Waals surface area contributed by atoms with Crippen LogP contribution in [0, 0.1) is 5.92 Å². The first-order chi connectivity index (χ1) is 14.3. The van der Waals surface area contributed by atoms with Gasteiger partial charge in [0.15, 0.2) is 5.78 Å². The summed E-state index contributed by atoms with van der Waals surface area (Å²) in [6.07, 6.45) is 4.70. The van der Waals surface area contributed by atoms with E-state index in [1.54, 1.807) is 36.4 Å². The smallest absolute Gasteiger partial charge is 0.387 e. The summed E-state index contributed by atoms with van der Waals surface area (Å²) in [4.78, 5) is 12.9. The Morgan fingerprint density at radius 3 is 1.47 bits per heavy atom. The van der Waals surface area contributed by atoms with E-state index in [4.69, 9.17) is 0 Å². The Labute approximate surface area is 171 Å². The van der Waals surface area contributed by atoms with Crippen LogP contribution >= 0.6 is 0 Å². The molecule has 0 atom stereocenters. The van der Waals surface area contributed by atoms with Crippen LogP contribution in [0.2, 0.25) is 0 Å². The topological polar surface area (TPSA) is 35.5 Å². The maximum atomic E-state index is 12.9. The number of ketones is 1. The van der Waals surface area contributed by atoms with Crippen molar-refractivity contribution in [2.75, 3.05) is 0 Å². The summed E-state index contributed by atoms with van der Waals surface area (Å²) in [5.74, 6) is 0.252. The molecular weight excluding hydrogens is 400 g/mol. The predicted octanol–water partition coefficient (Wildman–Crippen LogP) is 6.36. The Morgan fingerprint density at radius 2 is 1.13 bits per heavy atom. The summed E-state index contributed by atoms with van der Waals surface area (Å²) < 4.78 is 57.7. The molecular formula is C23H20F4O3. The molecule has 1 saturated carbocycles. The van der Waals surface area contributed by atoms with Gasteiger partial charge in [0.1, 0.15) is 11.5 Å². The second-order valence-electron chi connectivity index (χ2n) is 7.08. The van der Waals surface area contributed by atoms with E-state index in [0.717, 1.165) is 0 Å². The third-order valence-corrected chi connectivity index (χ3v) is 4.61. The number of alkyl halides is 4. The normalized spacial score (nSPS) is 19.7. The Morgan fingerprint density at radius 1 is 0.767 bits per heavy atom. The minimum atomic E-state index is -2.89. The van der Waals surface area contributed by atoms with Crippen LogP contribution in [0.4, 0.5) is 17.6 Å². The van der Waals surface area contributed by atoms with Crippen molar-refractivity contribution in [2.45, 2.75) is 33.0 Å². The Balaban J connectivity index is 1.79. The first-order valence-corrected chi connectivity index (χ1v) is 9.36. The monoisotopic (exact) mass is 420 g/mol. The standard InChI is InChI=1S/C23H20F4O3/c1-14-10-17(12-15-2-6-19(7-3-15)29-22(24)25)21(28)18(11-14)13-16-4-8-20(9-5-16)30-23(26)27/h2-9,12-14,22-23H,10-11H2,1H3. The van der Waals surface area contributed by atoms with Gasteiger partial charge in [-0.15, -0.1) is 0 Å². The Bertz CT molecular complexity index is 856. The van der Waals surface area contributed by atoms with E-state index in [1.807, 2.05) is 6.92 Å². The minimum absolute atomic E-state index is 0.0512. The highest BCUT2D eigenvalue weighted by Gasteiger charge is 2.25. The lowest BCUT2D eigenvalue weighted by atomic mass is 9.81. The number of ether oxygens (including phenoxy) is 2. The SMILES string of the molecule is CC1CC(=Cc2ccc(OC(F)F)cc2)C(=O)C(=Cc2ccc(OC(F)F)cc2)C1. The van der Waals surface area contributed by atoms with E-state index < -0.39 is 13.2 Å². The fourth-order valence-corrected chi connectivity index (χ4v) is 3.36. The average Bonchev–Trinajstić information content (AvgIpc) is 2.67. The lowest BCUT2D eigenvalue weighted by Gasteiger charge is -2.22. The van der Waals surface area contributed by atoms with Gasteiger partial charge in [-0.1, -0.05) is 31.2 Å². The summed E-state index contributed by atoms with van der Waals surface area (Å²) in [6.45, 7) is -3.75. The number of carbonyl (C=O) groups is 1. The zero-order valence-corrected chi connectivity index (χ0v) is 16.2. The highest BCUT2D eigenvalue weighted by Crippen LogP contribution is 2.32. The second-order valence-corrected chi connectivity index (χ2v) is 7.08. The number of Topliss-reactive ketones (excluding diaryl/α,β-unsaturated/α-hetero) is 1. The molecule has 0 N–H and O–H groups in total. The number of hydrogen-bond acceptors (Lipinski definition) is 3. The molecule has 0 radical (unpaired) electrons. The average molecular weight is 420 g/mol. The lowest BCUT2D eigenvalue weighted by molar-refractivity contribution is -0.113. The van der Waals surface area contributed by atoms with Crippen LogP contribution in [-0.4, -0.2) is 19.0 Å². The van der Waals surface area contributed by atoms with Crippen LogP contribution in [0.15, 0.2) is 59.7 Å².